The standard InChI is InChI=1S/C22H18N6O3S/c1-12-3-4-15(21-25-13(2)31-27-21)7-16(12)26-22(30)17-9-23-19-8-14(5-6-28(17)19)20-18(10-29)32-11-24-20/h3-9,11,29H,10H2,1-2H3,(H,26,30). The molecular weight excluding hydrogens is 428 g/mol. The number of aliphatic hydroxyl groups excluding tert-OH is 1. The molecule has 0 aliphatic heterocycles. The predicted octanol–water partition coefficient (Wildman–Crippen LogP) is 3.87. The number of imidazole rings is 1. The molecule has 0 bridgehead atoms. The molecule has 0 aliphatic rings. The fourth-order valence-electron chi connectivity index (χ4n) is 3.41. The van der Waals surface area contributed by atoms with Crippen molar-refractivity contribution in [2.45, 2.75) is 20.5 Å². The third-order valence-corrected chi connectivity index (χ3v) is 5.89. The monoisotopic (exact) mass is 446 g/mol. The minimum Gasteiger partial charge on any atom is -0.391 e. The molecule has 0 atom stereocenters. The van der Waals surface area contributed by atoms with E-state index in [1.807, 2.05) is 37.3 Å². The van der Waals surface area contributed by atoms with Crippen LogP contribution in [0.25, 0.3) is 28.3 Å². The third kappa shape index (κ3) is 3.55. The number of hydrogen-bond acceptors (Lipinski definition) is 8. The Balaban J connectivity index is 1.44. The van der Waals surface area contributed by atoms with Crippen molar-refractivity contribution in [1.29, 1.82) is 0 Å². The topological polar surface area (TPSA) is 118 Å². The van der Waals surface area contributed by atoms with E-state index in [4.69, 9.17) is 4.52 Å². The first-order valence-corrected chi connectivity index (χ1v) is 10.6. The Bertz CT molecular complexity index is 1450. The maximum atomic E-state index is 13.0. The average molecular weight is 446 g/mol. The van der Waals surface area contributed by atoms with E-state index in [0.717, 1.165) is 27.3 Å². The molecule has 5 aromatic rings. The molecular formula is C22H18N6O3S. The Morgan fingerprint density at radius 2 is 2.06 bits per heavy atom. The number of pyridine rings is 1. The lowest BCUT2D eigenvalue weighted by Crippen LogP contribution is -2.15. The maximum Gasteiger partial charge on any atom is 0.274 e. The second-order valence-electron chi connectivity index (χ2n) is 7.19. The largest absolute Gasteiger partial charge is 0.391 e. The summed E-state index contributed by atoms with van der Waals surface area (Å²) in [6.45, 7) is 3.56. The number of anilines is 1. The van der Waals surface area contributed by atoms with Gasteiger partial charge in [-0.25, -0.2) is 9.97 Å². The van der Waals surface area contributed by atoms with Crippen molar-refractivity contribution in [1.82, 2.24) is 24.5 Å². The van der Waals surface area contributed by atoms with Crippen LogP contribution in [0.1, 0.15) is 26.8 Å². The lowest BCUT2D eigenvalue weighted by Gasteiger charge is -2.10. The van der Waals surface area contributed by atoms with E-state index in [1.165, 1.54) is 17.5 Å². The Morgan fingerprint density at radius 1 is 1.19 bits per heavy atom. The summed E-state index contributed by atoms with van der Waals surface area (Å²) in [4.78, 5) is 26.8. The zero-order valence-electron chi connectivity index (χ0n) is 17.2. The number of amides is 1. The lowest BCUT2D eigenvalue weighted by molar-refractivity contribution is 0.102. The Hall–Kier alpha value is -3.89. The first kappa shape index (κ1) is 20.0. The highest BCUT2D eigenvalue weighted by Gasteiger charge is 2.16. The molecule has 9 nitrogen and oxygen atoms in total. The van der Waals surface area contributed by atoms with Crippen molar-refractivity contribution in [2.75, 3.05) is 5.32 Å². The quantitative estimate of drug-likeness (QED) is 0.421. The first-order chi connectivity index (χ1) is 15.5. The van der Waals surface area contributed by atoms with E-state index in [1.54, 1.807) is 23.0 Å². The van der Waals surface area contributed by atoms with Gasteiger partial charge >= 0.3 is 0 Å². The number of thiazole rings is 1. The van der Waals surface area contributed by atoms with Crippen molar-refractivity contribution in [3.8, 4) is 22.6 Å². The fraction of sp³-hybridized carbons (Fsp3) is 0.136. The molecule has 0 aliphatic carbocycles. The van der Waals surface area contributed by atoms with Crippen LogP contribution in [0.15, 0.2) is 52.8 Å². The van der Waals surface area contributed by atoms with Crippen LogP contribution in [0.2, 0.25) is 0 Å². The van der Waals surface area contributed by atoms with Crippen molar-refractivity contribution < 1.29 is 14.4 Å². The number of carbonyl (C=O) groups excluding carboxylic acids is 1. The van der Waals surface area contributed by atoms with Crippen LogP contribution in [-0.4, -0.2) is 35.5 Å². The number of aryl methyl sites for hydroxylation is 2. The summed E-state index contributed by atoms with van der Waals surface area (Å²) in [6, 6.07) is 9.28. The van der Waals surface area contributed by atoms with Crippen molar-refractivity contribution in [3.63, 3.8) is 0 Å². The molecule has 0 saturated heterocycles. The Kier molecular flexibility index (Phi) is 5.00. The Morgan fingerprint density at radius 3 is 2.84 bits per heavy atom. The molecule has 10 heteroatoms. The van der Waals surface area contributed by atoms with Gasteiger partial charge in [0.1, 0.15) is 11.3 Å². The smallest absolute Gasteiger partial charge is 0.274 e. The summed E-state index contributed by atoms with van der Waals surface area (Å²) in [5.41, 5.74) is 6.55. The second-order valence-corrected chi connectivity index (χ2v) is 8.13. The molecule has 0 fully saturated rings. The van der Waals surface area contributed by atoms with Crippen LogP contribution < -0.4 is 5.32 Å². The van der Waals surface area contributed by atoms with Gasteiger partial charge in [0.15, 0.2) is 0 Å². The molecule has 0 spiro atoms. The van der Waals surface area contributed by atoms with Crippen LogP contribution in [0.5, 0.6) is 0 Å². The summed E-state index contributed by atoms with van der Waals surface area (Å²) >= 11 is 1.40. The normalized spacial score (nSPS) is 11.2. The van der Waals surface area contributed by atoms with Gasteiger partial charge in [-0.05, 0) is 30.7 Å². The molecule has 0 saturated carbocycles. The predicted molar refractivity (Wildman–Crippen MR) is 119 cm³/mol. The molecule has 1 amide bonds. The van der Waals surface area contributed by atoms with E-state index in [-0.39, 0.29) is 12.5 Å². The highest BCUT2D eigenvalue weighted by Crippen LogP contribution is 2.27. The maximum absolute atomic E-state index is 13.0. The third-order valence-electron chi connectivity index (χ3n) is 5.08. The van der Waals surface area contributed by atoms with Crippen molar-refractivity contribution >= 4 is 28.6 Å². The first-order valence-electron chi connectivity index (χ1n) is 9.77. The van der Waals surface area contributed by atoms with Gasteiger partial charge in [-0.15, -0.1) is 11.3 Å². The lowest BCUT2D eigenvalue weighted by atomic mass is 10.1. The zero-order chi connectivity index (χ0) is 22.2. The summed E-state index contributed by atoms with van der Waals surface area (Å²) < 4.78 is 6.76. The van der Waals surface area contributed by atoms with Crippen LogP contribution in [-0.2, 0) is 6.61 Å². The van der Waals surface area contributed by atoms with Gasteiger partial charge in [0, 0.05) is 29.9 Å². The summed E-state index contributed by atoms with van der Waals surface area (Å²) in [7, 11) is 0. The number of hydrogen-bond donors (Lipinski definition) is 2. The van der Waals surface area contributed by atoms with E-state index < -0.39 is 0 Å². The summed E-state index contributed by atoms with van der Waals surface area (Å²) in [6.07, 6.45) is 3.31. The van der Waals surface area contributed by atoms with E-state index in [9.17, 15) is 9.90 Å². The minimum atomic E-state index is -0.292. The number of fused-ring (bicyclic) bond motifs is 1. The molecule has 160 valence electrons. The second kappa shape index (κ2) is 7.98. The van der Waals surface area contributed by atoms with Crippen molar-refractivity contribution in [3.05, 3.63) is 70.3 Å². The molecule has 32 heavy (non-hydrogen) atoms. The molecule has 4 heterocycles. The highest BCUT2D eigenvalue weighted by atomic mass is 32.1. The molecule has 4 aromatic heterocycles. The van der Waals surface area contributed by atoms with E-state index >= 15 is 0 Å². The Labute approximate surface area is 186 Å². The zero-order valence-corrected chi connectivity index (χ0v) is 18.1. The van der Waals surface area contributed by atoms with Gasteiger partial charge in [-0.1, -0.05) is 17.3 Å². The van der Waals surface area contributed by atoms with Gasteiger partial charge in [-0.2, -0.15) is 4.98 Å². The molecule has 1 aromatic carbocycles. The molecule has 2 N–H and O–H groups in total. The van der Waals surface area contributed by atoms with E-state index in [2.05, 4.69) is 25.4 Å². The highest BCUT2D eigenvalue weighted by molar-refractivity contribution is 7.10. The molecule has 5 rings (SSSR count). The van der Waals surface area contributed by atoms with Crippen LogP contribution in [0, 0.1) is 13.8 Å². The van der Waals surface area contributed by atoms with Gasteiger partial charge in [-0.3, -0.25) is 9.20 Å². The van der Waals surface area contributed by atoms with Crippen molar-refractivity contribution in [2.24, 2.45) is 0 Å². The number of benzene rings is 1. The van der Waals surface area contributed by atoms with Gasteiger partial charge in [0.2, 0.25) is 11.7 Å². The number of aromatic nitrogens is 5. The molecule has 0 unspecified atom stereocenters. The average Bonchev–Trinajstić information content (AvgIpc) is 3.53. The van der Waals surface area contributed by atoms with Crippen LogP contribution in [0.4, 0.5) is 5.69 Å². The number of rotatable bonds is 5. The van der Waals surface area contributed by atoms with Gasteiger partial charge in [0.25, 0.3) is 5.91 Å². The summed E-state index contributed by atoms with van der Waals surface area (Å²) in [5, 5.41) is 16.4. The van der Waals surface area contributed by atoms with Crippen LogP contribution in [0.3, 0.4) is 0 Å². The van der Waals surface area contributed by atoms with Gasteiger partial charge < -0.3 is 14.9 Å². The minimum absolute atomic E-state index is 0.0743. The van der Waals surface area contributed by atoms with Crippen LogP contribution >= 0.6 is 11.3 Å². The van der Waals surface area contributed by atoms with Gasteiger partial charge in [0.05, 0.1) is 28.9 Å². The number of nitrogens with one attached hydrogen (secondary N) is 1. The fourth-order valence-corrected chi connectivity index (χ4v) is 4.05. The number of aliphatic hydroxyl groups is 1. The summed E-state index contributed by atoms with van der Waals surface area (Å²) in [5.74, 6) is 0.643. The number of nitrogens with zero attached hydrogens (tertiary/aromatic N) is 5. The molecule has 0 radical (unpaired) electrons. The SMILES string of the molecule is Cc1nc(-c2ccc(C)c(NC(=O)c3cnc4cc(-c5ncsc5CO)ccn34)c2)no1. The van der Waals surface area contributed by atoms with E-state index in [0.29, 0.717) is 28.7 Å². The number of carbonyl (C=O) groups is 1.